The Balaban J connectivity index is 1.41. The van der Waals surface area contributed by atoms with Gasteiger partial charge in [0.05, 0.1) is 31.4 Å². The van der Waals surface area contributed by atoms with Gasteiger partial charge in [-0.25, -0.2) is 0 Å². The van der Waals surface area contributed by atoms with Crippen LogP contribution in [-0.4, -0.2) is 72.6 Å². The van der Waals surface area contributed by atoms with E-state index in [1.807, 2.05) is 61.5 Å². The van der Waals surface area contributed by atoms with Crippen LogP contribution in [0.25, 0.3) is 5.76 Å². The van der Waals surface area contributed by atoms with E-state index in [-0.39, 0.29) is 11.3 Å². The van der Waals surface area contributed by atoms with Crippen molar-refractivity contribution < 1.29 is 28.9 Å². The van der Waals surface area contributed by atoms with Crippen molar-refractivity contribution in [3.05, 3.63) is 101 Å². The summed E-state index contributed by atoms with van der Waals surface area (Å²) in [5, 5.41) is 11.4. The number of aliphatic hydroxyl groups excluding tert-OH is 1. The highest BCUT2D eigenvalue weighted by atomic mass is 16.5. The second-order valence-electron chi connectivity index (χ2n) is 10.1. The summed E-state index contributed by atoms with van der Waals surface area (Å²) in [6.07, 6.45) is 0.699. The second kappa shape index (κ2) is 13.5. The van der Waals surface area contributed by atoms with Crippen LogP contribution in [0.4, 0.5) is 0 Å². The van der Waals surface area contributed by atoms with Gasteiger partial charge in [0.15, 0.2) is 0 Å². The monoisotopic (exact) mass is 556 g/mol. The number of ether oxygens (including phenoxy) is 3. The molecule has 1 N–H and O–H groups in total. The number of carbonyl (C=O) groups excluding carboxylic acids is 2. The van der Waals surface area contributed by atoms with E-state index in [0.29, 0.717) is 56.5 Å². The van der Waals surface area contributed by atoms with Crippen molar-refractivity contribution >= 4 is 17.4 Å². The molecule has 2 aliphatic rings. The molecule has 3 aromatic carbocycles. The lowest BCUT2D eigenvalue weighted by molar-refractivity contribution is -0.140. The Bertz CT molecular complexity index is 1350. The fourth-order valence-electron chi connectivity index (χ4n) is 5.27. The zero-order valence-electron chi connectivity index (χ0n) is 23.3. The third-order valence-corrected chi connectivity index (χ3v) is 7.40. The lowest BCUT2D eigenvalue weighted by atomic mass is 9.95. The lowest BCUT2D eigenvalue weighted by Gasteiger charge is -2.29. The molecule has 41 heavy (non-hydrogen) atoms. The van der Waals surface area contributed by atoms with Crippen LogP contribution in [0.15, 0.2) is 84.4 Å². The fourth-order valence-corrected chi connectivity index (χ4v) is 5.27. The van der Waals surface area contributed by atoms with Crippen molar-refractivity contribution in [1.29, 1.82) is 0 Å². The van der Waals surface area contributed by atoms with Crippen molar-refractivity contribution in [2.45, 2.75) is 26.0 Å². The average Bonchev–Trinajstić information content (AvgIpc) is 3.26. The first kappa shape index (κ1) is 28.4. The van der Waals surface area contributed by atoms with Crippen molar-refractivity contribution in [2.75, 3.05) is 46.0 Å². The zero-order chi connectivity index (χ0) is 28.6. The largest absolute Gasteiger partial charge is 0.507 e. The highest BCUT2D eigenvalue weighted by molar-refractivity contribution is 6.46. The quantitative estimate of drug-likeness (QED) is 0.206. The molecule has 214 valence electrons. The summed E-state index contributed by atoms with van der Waals surface area (Å²) in [6.45, 7) is 7.13. The Morgan fingerprint density at radius 2 is 1.54 bits per heavy atom. The van der Waals surface area contributed by atoms with Crippen LogP contribution in [0.2, 0.25) is 0 Å². The van der Waals surface area contributed by atoms with Crippen molar-refractivity contribution in [1.82, 2.24) is 9.80 Å². The second-order valence-corrected chi connectivity index (χ2v) is 10.1. The van der Waals surface area contributed by atoms with E-state index in [2.05, 4.69) is 4.90 Å². The number of Topliss-reactive ketones (excluding diaryl/α,β-unsaturated/α-hetero) is 1. The van der Waals surface area contributed by atoms with E-state index in [0.717, 1.165) is 30.8 Å². The van der Waals surface area contributed by atoms with Gasteiger partial charge < -0.3 is 24.2 Å². The van der Waals surface area contributed by atoms with Gasteiger partial charge in [0.2, 0.25) is 0 Å². The van der Waals surface area contributed by atoms with E-state index in [1.54, 1.807) is 29.2 Å². The molecule has 5 rings (SSSR count). The van der Waals surface area contributed by atoms with Gasteiger partial charge in [-0.05, 0) is 60.9 Å². The Morgan fingerprint density at radius 1 is 0.878 bits per heavy atom. The van der Waals surface area contributed by atoms with E-state index < -0.39 is 17.7 Å². The first-order chi connectivity index (χ1) is 20.0. The SMILES string of the molecule is CCOc1ccc(/C(O)=C2\C(=O)C(=O)N(CCCN3CCOCC3)C2c2ccc(OCc3ccccc3)cc2)cc1. The molecule has 0 radical (unpaired) electrons. The molecule has 0 saturated carbocycles. The maximum absolute atomic E-state index is 13.4. The minimum absolute atomic E-state index is 0.0866. The molecule has 2 heterocycles. The van der Waals surface area contributed by atoms with Crippen LogP contribution in [0.3, 0.4) is 0 Å². The first-order valence-corrected chi connectivity index (χ1v) is 14.1. The number of hydrogen-bond donors (Lipinski definition) is 1. The number of amides is 1. The number of rotatable bonds is 11. The molecule has 2 aliphatic heterocycles. The molecule has 1 amide bonds. The molecule has 0 spiro atoms. The number of carbonyl (C=O) groups is 2. The van der Waals surface area contributed by atoms with E-state index in [9.17, 15) is 14.7 Å². The molecule has 3 aromatic rings. The summed E-state index contributed by atoms with van der Waals surface area (Å²) < 4.78 is 16.9. The van der Waals surface area contributed by atoms with Gasteiger partial charge in [-0.1, -0.05) is 42.5 Å². The number of nitrogens with zero attached hydrogens (tertiary/aromatic N) is 2. The van der Waals surface area contributed by atoms with Crippen LogP contribution in [0.1, 0.15) is 36.1 Å². The molecule has 8 heteroatoms. The van der Waals surface area contributed by atoms with Crippen LogP contribution in [-0.2, 0) is 20.9 Å². The predicted octanol–water partition coefficient (Wildman–Crippen LogP) is 4.81. The minimum Gasteiger partial charge on any atom is -0.507 e. The van der Waals surface area contributed by atoms with Crippen molar-refractivity contribution in [2.24, 2.45) is 0 Å². The minimum atomic E-state index is -0.713. The third kappa shape index (κ3) is 6.78. The lowest BCUT2D eigenvalue weighted by Crippen LogP contribution is -2.38. The van der Waals surface area contributed by atoms with E-state index in [1.165, 1.54) is 0 Å². The summed E-state index contributed by atoms with van der Waals surface area (Å²) in [5.74, 6) is -0.147. The number of hydrogen-bond acceptors (Lipinski definition) is 7. The maximum Gasteiger partial charge on any atom is 0.295 e. The predicted molar refractivity (Wildman–Crippen MR) is 156 cm³/mol. The Kier molecular flexibility index (Phi) is 9.33. The molecule has 0 aromatic heterocycles. The third-order valence-electron chi connectivity index (χ3n) is 7.40. The number of ketones is 1. The van der Waals surface area contributed by atoms with Crippen molar-refractivity contribution in [3.8, 4) is 11.5 Å². The number of morpholine rings is 1. The van der Waals surface area contributed by atoms with Crippen LogP contribution in [0, 0.1) is 0 Å². The molecule has 1 atom stereocenters. The maximum atomic E-state index is 13.4. The number of benzene rings is 3. The highest BCUT2D eigenvalue weighted by Crippen LogP contribution is 2.40. The summed E-state index contributed by atoms with van der Waals surface area (Å²) in [7, 11) is 0. The Hall–Kier alpha value is -4.14. The van der Waals surface area contributed by atoms with Gasteiger partial charge in [0, 0.05) is 31.7 Å². The molecular formula is C33H36N2O6. The van der Waals surface area contributed by atoms with Crippen LogP contribution >= 0.6 is 0 Å². The number of likely N-dealkylation sites (tertiary alicyclic amines) is 1. The molecule has 2 fully saturated rings. The first-order valence-electron chi connectivity index (χ1n) is 14.1. The smallest absolute Gasteiger partial charge is 0.295 e. The molecule has 1 unspecified atom stereocenters. The summed E-state index contributed by atoms with van der Waals surface area (Å²) in [4.78, 5) is 30.6. The molecule has 2 saturated heterocycles. The highest BCUT2D eigenvalue weighted by Gasteiger charge is 2.45. The zero-order valence-corrected chi connectivity index (χ0v) is 23.3. The fraction of sp³-hybridized carbons (Fsp3) is 0.333. The average molecular weight is 557 g/mol. The summed E-state index contributed by atoms with van der Waals surface area (Å²) in [5.41, 5.74) is 2.33. The Morgan fingerprint density at radius 3 is 2.22 bits per heavy atom. The van der Waals surface area contributed by atoms with Gasteiger partial charge >= 0.3 is 0 Å². The van der Waals surface area contributed by atoms with Crippen molar-refractivity contribution in [3.63, 3.8) is 0 Å². The number of aliphatic hydroxyl groups is 1. The molecule has 0 bridgehead atoms. The van der Waals surface area contributed by atoms with Crippen LogP contribution in [0.5, 0.6) is 11.5 Å². The standard InChI is InChI=1S/C33H36N2O6/c1-2-40-27-15-11-26(12-16-27)31(36)29-30(25-9-13-28(14-10-25)41-23-24-7-4-3-5-8-24)35(33(38)32(29)37)18-6-17-34-19-21-39-22-20-34/h3-5,7-16,30,36H,2,6,17-23H2,1H3/b31-29+. The van der Waals surface area contributed by atoms with Gasteiger partial charge in [-0.2, -0.15) is 0 Å². The summed E-state index contributed by atoms with van der Waals surface area (Å²) >= 11 is 0. The topological polar surface area (TPSA) is 88.5 Å². The van der Waals surface area contributed by atoms with Gasteiger partial charge in [-0.3, -0.25) is 14.5 Å². The van der Waals surface area contributed by atoms with E-state index >= 15 is 0 Å². The van der Waals surface area contributed by atoms with Gasteiger partial charge in [0.25, 0.3) is 11.7 Å². The molecule has 0 aliphatic carbocycles. The van der Waals surface area contributed by atoms with Gasteiger partial charge in [-0.15, -0.1) is 0 Å². The molecular weight excluding hydrogens is 520 g/mol. The van der Waals surface area contributed by atoms with Gasteiger partial charge in [0.1, 0.15) is 23.9 Å². The van der Waals surface area contributed by atoms with Crippen LogP contribution < -0.4 is 9.47 Å². The molecule has 8 nitrogen and oxygen atoms in total. The summed E-state index contributed by atoms with van der Waals surface area (Å²) in [6, 6.07) is 23.4. The van der Waals surface area contributed by atoms with E-state index in [4.69, 9.17) is 14.2 Å². The Labute approximate surface area is 240 Å². The normalized spacial score (nSPS) is 19.0.